The Morgan fingerprint density at radius 2 is 2.00 bits per heavy atom. The summed E-state index contributed by atoms with van der Waals surface area (Å²) in [6.07, 6.45) is 1.06. The molecule has 3 rings (SSSR count). The van der Waals surface area contributed by atoms with E-state index in [4.69, 9.17) is 21.8 Å². The second-order valence-corrected chi connectivity index (χ2v) is 4.88. The number of halogens is 2. The number of carbonyl (C=O) groups is 1. The van der Waals surface area contributed by atoms with E-state index in [9.17, 15) is 9.18 Å². The van der Waals surface area contributed by atoms with E-state index in [1.807, 2.05) is 0 Å². The Labute approximate surface area is 128 Å². The van der Waals surface area contributed by atoms with Crippen molar-refractivity contribution in [2.45, 2.75) is 6.61 Å². The minimum absolute atomic E-state index is 0.0415. The van der Waals surface area contributed by atoms with Crippen LogP contribution in [-0.2, 0) is 6.61 Å². The summed E-state index contributed by atoms with van der Waals surface area (Å²) in [4.78, 5) is 15.2. The molecule has 0 saturated carbocycles. The molecule has 0 radical (unpaired) electrons. The lowest BCUT2D eigenvalue weighted by atomic mass is 10.1. The second kappa shape index (κ2) is 5.36. The van der Waals surface area contributed by atoms with Crippen LogP contribution in [0.4, 0.5) is 4.39 Å². The Bertz CT molecular complexity index is 877. The first kappa shape index (κ1) is 14.4. The van der Waals surface area contributed by atoms with Crippen LogP contribution in [0.2, 0.25) is 5.15 Å². The van der Waals surface area contributed by atoms with Crippen LogP contribution in [0.15, 0.2) is 30.5 Å². The molecule has 2 N–H and O–H groups in total. The summed E-state index contributed by atoms with van der Waals surface area (Å²) < 4.78 is 15.3. The standard InChI is InChI=1S/C14H9ClFN3O3/c15-12-10(16)11(8-3-1-7(6-20)2-4-8)18-13-9(14(21)22)5-17-19(12)13/h1-5,20H,6H2,(H,21,22). The van der Waals surface area contributed by atoms with Crippen LogP contribution < -0.4 is 0 Å². The van der Waals surface area contributed by atoms with Crippen molar-refractivity contribution in [1.82, 2.24) is 14.6 Å². The molecule has 2 aromatic heterocycles. The summed E-state index contributed by atoms with van der Waals surface area (Å²) in [6, 6.07) is 6.37. The van der Waals surface area contributed by atoms with E-state index < -0.39 is 11.8 Å². The van der Waals surface area contributed by atoms with Crippen molar-refractivity contribution in [1.29, 1.82) is 0 Å². The van der Waals surface area contributed by atoms with Gasteiger partial charge < -0.3 is 10.2 Å². The molecule has 3 aromatic rings. The van der Waals surface area contributed by atoms with Gasteiger partial charge in [-0.2, -0.15) is 9.61 Å². The maximum absolute atomic E-state index is 14.4. The van der Waals surface area contributed by atoms with E-state index in [2.05, 4.69) is 10.1 Å². The van der Waals surface area contributed by atoms with Gasteiger partial charge in [-0.3, -0.25) is 0 Å². The van der Waals surface area contributed by atoms with Gasteiger partial charge in [0.05, 0.1) is 12.8 Å². The van der Waals surface area contributed by atoms with Crippen molar-refractivity contribution < 1.29 is 19.4 Å². The van der Waals surface area contributed by atoms with E-state index in [1.165, 1.54) is 0 Å². The third-order valence-corrected chi connectivity index (χ3v) is 3.50. The number of aliphatic hydroxyl groups is 1. The highest BCUT2D eigenvalue weighted by Gasteiger charge is 2.21. The molecule has 0 aliphatic heterocycles. The van der Waals surface area contributed by atoms with Crippen LogP contribution in [0.5, 0.6) is 0 Å². The summed E-state index contributed by atoms with van der Waals surface area (Å²) in [5.74, 6) is -2.03. The molecule has 6 nitrogen and oxygen atoms in total. The van der Waals surface area contributed by atoms with Gasteiger partial charge >= 0.3 is 5.97 Å². The van der Waals surface area contributed by atoms with Crippen molar-refractivity contribution in [3.63, 3.8) is 0 Å². The number of aliphatic hydroxyl groups excluding tert-OH is 1. The van der Waals surface area contributed by atoms with Crippen LogP contribution in [-0.4, -0.2) is 30.8 Å². The molecule has 0 aliphatic carbocycles. The summed E-state index contributed by atoms with van der Waals surface area (Å²) in [6.45, 7) is -0.137. The quantitative estimate of drug-likeness (QED) is 0.723. The number of rotatable bonds is 3. The summed E-state index contributed by atoms with van der Waals surface area (Å²) in [5.41, 5.74) is 0.781. The minimum atomic E-state index is -1.23. The molecule has 22 heavy (non-hydrogen) atoms. The molecule has 1 aromatic carbocycles. The van der Waals surface area contributed by atoms with Gasteiger partial charge in [0.1, 0.15) is 11.3 Å². The fourth-order valence-corrected chi connectivity index (χ4v) is 2.26. The zero-order chi connectivity index (χ0) is 15.9. The molecule has 0 spiro atoms. The van der Waals surface area contributed by atoms with Crippen LogP contribution >= 0.6 is 11.6 Å². The van der Waals surface area contributed by atoms with E-state index in [-0.39, 0.29) is 28.7 Å². The number of carboxylic acids is 1. The smallest absolute Gasteiger partial charge is 0.341 e. The normalized spacial score (nSPS) is 11.0. The second-order valence-electron chi connectivity index (χ2n) is 4.52. The number of aromatic nitrogens is 3. The van der Waals surface area contributed by atoms with Gasteiger partial charge in [-0.05, 0) is 5.56 Å². The van der Waals surface area contributed by atoms with Gasteiger partial charge in [0.2, 0.25) is 0 Å². The predicted octanol–water partition coefficient (Wildman–Crippen LogP) is 2.38. The van der Waals surface area contributed by atoms with Gasteiger partial charge in [-0.25, -0.2) is 14.2 Å². The molecule has 112 valence electrons. The van der Waals surface area contributed by atoms with Crippen LogP contribution in [0.25, 0.3) is 16.9 Å². The molecule has 0 aliphatic rings. The average Bonchev–Trinajstić information content (AvgIpc) is 2.95. The van der Waals surface area contributed by atoms with E-state index in [0.717, 1.165) is 10.7 Å². The first-order valence-corrected chi connectivity index (χ1v) is 6.57. The highest BCUT2D eigenvalue weighted by Crippen LogP contribution is 2.28. The van der Waals surface area contributed by atoms with Gasteiger partial charge in [0, 0.05) is 5.56 Å². The predicted molar refractivity (Wildman–Crippen MR) is 76.3 cm³/mol. The lowest BCUT2D eigenvalue weighted by Gasteiger charge is -2.07. The van der Waals surface area contributed by atoms with E-state index in [1.54, 1.807) is 24.3 Å². The number of nitrogens with zero attached hydrogens (tertiary/aromatic N) is 3. The molecule has 0 saturated heterocycles. The lowest BCUT2D eigenvalue weighted by molar-refractivity contribution is 0.0698. The zero-order valence-electron chi connectivity index (χ0n) is 11.0. The highest BCUT2D eigenvalue weighted by atomic mass is 35.5. The molecule has 2 heterocycles. The van der Waals surface area contributed by atoms with Crippen molar-refractivity contribution in [3.8, 4) is 11.3 Å². The number of hydrogen-bond acceptors (Lipinski definition) is 4. The monoisotopic (exact) mass is 321 g/mol. The van der Waals surface area contributed by atoms with Crippen molar-refractivity contribution in [2.24, 2.45) is 0 Å². The summed E-state index contributed by atoms with van der Waals surface area (Å²) in [7, 11) is 0. The Hall–Kier alpha value is -2.51. The maximum atomic E-state index is 14.4. The number of carboxylic acid groups (broad SMARTS) is 1. The fourth-order valence-electron chi connectivity index (χ4n) is 2.05. The van der Waals surface area contributed by atoms with Crippen molar-refractivity contribution in [2.75, 3.05) is 0 Å². The highest BCUT2D eigenvalue weighted by molar-refractivity contribution is 6.30. The number of hydrogen-bond donors (Lipinski definition) is 2. The summed E-state index contributed by atoms with van der Waals surface area (Å²) >= 11 is 5.91. The van der Waals surface area contributed by atoms with Crippen molar-refractivity contribution >= 4 is 23.2 Å². The first-order chi connectivity index (χ1) is 10.5. The summed E-state index contributed by atoms with van der Waals surface area (Å²) in [5, 5.41) is 21.5. The van der Waals surface area contributed by atoms with Crippen molar-refractivity contribution in [3.05, 3.63) is 52.6 Å². The first-order valence-electron chi connectivity index (χ1n) is 6.19. The zero-order valence-corrected chi connectivity index (χ0v) is 11.8. The van der Waals surface area contributed by atoms with Gasteiger partial charge in [-0.15, -0.1) is 0 Å². The largest absolute Gasteiger partial charge is 0.477 e. The van der Waals surface area contributed by atoms with Gasteiger partial charge in [0.25, 0.3) is 0 Å². The van der Waals surface area contributed by atoms with Gasteiger partial charge in [0.15, 0.2) is 16.6 Å². The van der Waals surface area contributed by atoms with Crippen LogP contribution in [0.3, 0.4) is 0 Å². The van der Waals surface area contributed by atoms with E-state index >= 15 is 0 Å². The number of benzene rings is 1. The molecule has 0 amide bonds. The fraction of sp³-hybridized carbons (Fsp3) is 0.0714. The molecular formula is C14H9ClFN3O3. The number of aromatic carboxylic acids is 1. The Morgan fingerprint density at radius 1 is 1.32 bits per heavy atom. The lowest BCUT2D eigenvalue weighted by Crippen LogP contribution is -2.03. The Kier molecular flexibility index (Phi) is 3.51. The SMILES string of the molecule is O=C(O)c1cnn2c(Cl)c(F)c(-c3ccc(CO)cc3)nc12. The molecule has 8 heteroatoms. The topological polar surface area (TPSA) is 87.7 Å². The molecule has 0 unspecified atom stereocenters. The third kappa shape index (κ3) is 2.20. The van der Waals surface area contributed by atoms with E-state index in [0.29, 0.717) is 11.1 Å². The Balaban J connectivity index is 2.26. The average molecular weight is 322 g/mol. The van der Waals surface area contributed by atoms with Crippen LogP contribution in [0, 0.1) is 5.82 Å². The molecular weight excluding hydrogens is 313 g/mol. The maximum Gasteiger partial charge on any atom is 0.341 e. The third-order valence-electron chi connectivity index (χ3n) is 3.18. The molecule has 0 fully saturated rings. The minimum Gasteiger partial charge on any atom is -0.477 e. The number of fused-ring (bicyclic) bond motifs is 1. The molecule has 0 atom stereocenters. The van der Waals surface area contributed by atoms with Crippen LogP contribution in [0.1, 0.15) is 15.9 Å². The Morgan fingerprint density at radius 3 is 2.59 bits per heavy atom. The molecule has 0 bridgehead atoms. The van der Waals surface area contributed by atoms with Gasteiger partial charge in [-0.1, -0.05) is 35.9 Å².